The highest BCUT2D eigenvalue weighted by molar-refractivity contribution is 7.88. The number of amides is 1. The monoisotopic (exact) mass is 448 g/mol. The highest BCUT2D eigenvalue weighted by Crippen LogP contribution is 2.23. The lowest BCUT2D eigenvalue weighted by Gasteiger charge is -2.32. The molecule has 0 unspecified atom stereocenters. The number of nitrogens with zero attached hydrogens (tertiary/aromatic N) is 1. The molecule has 0 aromatic heterocycles. The molecular weight excluding hydrogens is 420 g/mol. The molecule has 0 aliphatic carbocycles. The molecule has 0 saturated carbocycles. The van der Waals surface area contributed by atoms with Gasteiger partial charge in [0, 0.05) is 18.1 Å². The summed E-state index contributed by atoms with van der Waals surface area (Å²) in [5.74, 6) is -0.511. The fourth-order valence-electron chi connectivity index (χ4n) is 3.75. The van der Waals surface area contributed by atoms with Crippen LogP contribution in [-0.2, 0) is 27.0 Å². The van der Waals surface area contributed by atoms with Crippen LogP contribution in [0, 0.1) is 5.92 Å². The molecule has 1 heterocycles. The fourth-order valence-corrected chi connectivity index (χ4v) is 5.48. The van der Waals surface area contributed by atoms with Crippen molar-refractivity contribution in [1.29, 1.82) is 0 Å². The van der Waals surface area contributed by atoms with Crippen molar-refractivity contribution in [3.63, 3.8) is 0 Å². The number of hydrogen-bond acceptors (Lipinski definition) is 3. The molecule has 3 rings (SSSR count). The summed E-state index contributed by atoms with van der Waals surface area (Å²) >= 11 is 5.88. The summed E-state index contributed by atoms with van der Waals surface area (Å²) in [6, 6.07) is 14.9. The van der Waals surface area contributed by atoms with Crippen molar-refractivity contribution < 1.29 is 13.2 Å². The topological polar surface area (TPSA) is 66.5 Å². The number of rotatable bonds is 7. The number of carbonyl (C=O) groups excluding carboxylic acids is 1. The Morgan fingerprint density at radius 3 is 2.40 bits per heavy atom. The maximum Gasteiger partial charge on any atom is 0.224 e. The standard InChI is InChI=1S/C23H29ClN2O3S/c1-3-18-6-10-20(11-7-18)17(2)25-23(27)21-5-4-14-26(15-21)30(28,29)16-19-8-12-22(24)13-9-19/h6-13,17,21H,3-5,14-16H2,1-2H3,(H,25,27)/t17-,21+/m0/s1. The van der Waals surface area contributed by atoms with Crippen LogP contribution in [0.3, 0.4) is 0 Å². The molecule has 2 aromatic carbocycles. The maximum absolute atomic E-state index is 12.9. The summed E-state index contributed by atoms with van der Waals surface area (Å²) in [5, 5.41) is 3.63. The average Bonchev–Trinajstić information content (AvgIpc) is 2.75. The second-order valence-corrected chi connectivity index (χ2v) is 10.3. The zero-order valence-corrected chi connectivity index (χ0v) is 19.0. The molecule has 1 aliphatic rings. The van der Waals surface area contributed by atoms with Gasteiger partial charge >= 0.3 is 0 Å². The zero-order chi connectivity index (χ0) is 21.7. The lowest BCUT2D eigenvalue weighted by atomic mass is 9.97. The molecule has 30 heavy (non-hydrogen) atoms. The van der Waals surface area contributed by atoms with Crippen molar-refractivity contribution in [2.24, 2.45) is 5.92 Å². The number of benzene rings is 2. The Kier molecular flexibility index (Phi) is 7.55. The molecule has 162 valence electrons. The van der Waals surface area contributed by atoms with E-state index in [-0.39, 0.29) is 30.2 Å². The van der Waals surface area contributed by atoms with E-state index < -0.39 is 10.0 Å². The van der Waals surface area contributed by atoms with Crippen molar-refractivity contribution in [3.05, 3.63) is 70.2 Å². The largest absolute Gasteiger partial charge is 0.349 e. The lowest BCUT2D eigenvalue weighted by Crippen LogP contribution is -2.46. The summed E-state index contributed by atoms with van der Waals surface area (Å²) in [6.07, 6.45) is 2.35. The Morgan fingerprint density at radius 1 is 1.13 bits per heavy atom. The van der Waals surface area contributed by atoms with Gasteiger partial charge in [-0.1, -0.05) is 54.9 Å². The van der Waals surface area contributed by atoms with E-state index in [1.165, 1.54) is 9.87 Å². The third-order valence-electron chi connectivity index (χ3n) is 5.66. The summed E-state index contributed by atoms with van der Waals surface area (Å²) in [4.78, 5) is 12.8. The number of sulfonamides is 1. The van der Waals surface area contributed by atoms with E-state index in [2.05, 4.69) is 24.4 Å². The van der Waals surface area contributed by atoms with Gasteiger partial charge in [-0.3, -0.25) is 4.79 Å². The molecule has 0 spiro atoms. The summed E-state index contributed by atoms with van der Waals surface area (Å²) in [6.45, 7) is 4.74. The van der Waals surface area contributed by atoms with Gasteiger partial charge in [-0.05, 0) is 55.0 Å². The molecule has 1 saturated heterocycles. The van der Waals surface area contributed by atoms with Crippen LogP contribution in [0.5, 0.6) is 0 Å². The molecular formula is C23H29ClN2O3S. The first-order chi connectivity index (χ1) is 14.3. The molecule has 0 radical (unpaired) electrons. The van der Waals surface area contributed by atoms with E-state index in [4.69, 9.17) is 11.6 Å². The van der Waals surface area contributed by atoms with Gasteiger partial charge in [-0.15, -0.1) is 0 Å². The third-order valence-corrected chi connectivity index (χ3v) is 7.73. The van der Waals surface area contributed by atoms with Crippen molar-refractivity contribution in [2.45, 2.75) is 44.9 Å². The summed E-state index contributed by atoms with van der Waals surface area (Å²) in [7, 11) is -3.49. The number of halogens is 1. The Labute approximate surface area is 184 Å². The Bertz CT molecular complexity index is 959. The van der Waals surface area contributed by atoms with Crippen LogP contribution in [0.15, 0.2) is 48.5 Å². The van der Waals surface area contributed by atoms with Crippen LogP contribution in [-0.4, -0.2) is 31.7 Å². The average molecular weight is 449 g/mol. The van der Waals surface area contributed by atoms with Gasteiger partial charge < -0.3 is 5.32 Å². The van der Waals surface area contributed by atoms with Crippen LogP contribution in [0.1, 0.15) is 49.4 Å². The van der Waals surface area contributed by atoms with E-state index in [0.717, 1.165) is 12.0 Å². The predicted octanol–water partition coefficient (Wildman–Crippen LogP) is 4.32. The fraction of sp³-hybridized carbons (Fsp3) is 0.435. The highest BCUT2D eigenvalue weighted by Gasteiger charge is 2.32. The first-order valence-corrected chi connectivity index (χ1v) is 12.4. The molecule has 0 bridgehead atoms. The van der Waals surface area contributed by atoms with Crippen molar-refractivity contribution in [3.8, 4) is 0 Å². The SMILES string of the molecule is CCc1ccc([C@H](C)NC(=O)[C@@H]2CCCN(S(=O)(=O)Cc3ccc(Cl)cc3)C2)cc1. The minimum atomic E-state index is -3.49. The predicted molar refractivity (Wildman–Crippen MR) is 121 cm³/mol. The Hall–Kier alpha value is -1.89. The van der Waals surface area contributed by atoms with Gasteiger partial charge in [-0.2, -0.15) is 0 Å². The molecule has 1 fully saturated rings. The van der Waals surface area contributed by atoms with E-state index in [0.29, 0.717) is 30.0 Å². The van der Waals surface area contributed by atoms with Gasteiger partial charge in [0.25, 0.3) is 0 Å². The third kappa shape index (κ3) is 5.84. The van der Waals surface area contributed by atoms with Crippen molar-refractivity contribution >= 4 is 27.5 Å². The molecule has 1 N–H and O–H groups in total. The highest BCUT2D eigenvalue weighted by atomic mass is 35.5. The van der Waals surface area contributed by atoms with Crippen LogP contribution in [0.2, 0.25) is 5.02 Å². The van der Waals surface area contributed by atoms with Gasteiger partial charge in [-0.25, -0.2) is 12.7 Å². The normalized spacial score (nSPS) is 18.7. The molecule has 1 amide bonds. The summed E-state index contributed by atoms with van der Waals surface area (Å²) < 4.78 is 27.2. The quantitative estimate of drug-likeness (QED) is 0.685. The number of carbonyl (C=O) groups is 1. The molecule has 5 nitrogen and oxygen atoms in total. The van der Waals surface area contributed by atoms with Crippen LogP contribution in [0.4, 0.5) is 0 Å². The second-order valence-electron chi connectivity index (χ2n) is 7.91. The van der Waals surface area contributed by atoms with E-state index in [9.17, 15) is 13.2 Å². The number of piperidine rings is 1. The first kappa shape index (κ1) is 22.8. The van der Waals surface area contributed by atoms with Crippen LogP contribution in [0.25, 0.3) is 0 Å². The van der Waals surface area contributed by atoms with Crippen molar-refractivity contribution in [2.75, 3.05) is 13.1 Å². The smallest absolute Gasteiger partial charge is 0.224 e. The molecule has 2 aromatic rings. The molecule has 7 heteroatoms. The lowest BCUT2D eigenvalue weighted by molar-refractivity contribution is -0.126. The number of nitrogens with one attached hydrogen (secondary N) is 1. The van der Waals surface area contributed by atoms with Gasteiger partial charge in [0.1, 0.15) is 0 Å². The summed E-state index contributed by atoms with van der Waals surface area (Å²) in [5.41, 5.74) is 2.99. The minimum Gasteiger partial charge on any atom is -0.349 e. The van der Waals surface area contributed by atoms with Crippen LogP contribution < -0.4 is 5.32 Å². The van der Waals surface area contributed by atoms with Crippen molar-refractivity contribution in [1.82, 2.24) is 9.62 Å². The van der Waals surface area contributed by atoms with Gasteiger partial charge in [0.15, 0.2) is 0 Å². The molecule has 1 aliphatic heterocycles. The molecule has 2 atom stereocenters. The Morgan fingerprint density at radius 2 is 1.77 bits per heavy atom. The minimum absolute atomic E-state index is 0.0846. The van der Waals surface area contributed by atoms with Crippen LogP contribution >= 0.6 is 11.6 Å². The van der Waals surface area contributed by atoms with E-state index in [1.807, 2.05) is 19.1 Å². The van der Waals surface area contributed by atoms with E-state index in [1.54, 1.807) is 24.3 Å². The second kappa shape index (κ2) is 9.94. The van der Waals surface area contributed by atoms with Gasteiger partial charge in [0.2, 0.25) is 15.9 Å². The zero-order valence-electron chi connectivity index (χ0n) is 17.5. The van der Waals surface area contributed by atoms with Gasteiger partial charge in [0.05, 0.1) is 17.7 Å². The number of hydrogen-bond donors (Lipinski definition) is 1. The first-order valence-electron chi connectivity index (χ1n) is 10.4. The maximum atomic E-state index is 12.9. The van der Waals surface area contributed by atoms with E-state index >= 15 is 0 Å². The number of aryl methyl sites for hydroxylation is 1. The Balaban J connectivity index is 1.61.